The molecule has 90 valence electrons. The zero-order chi connectivity index (χ0) is 12.3. The van der Waals surface area contributed by atoms with Crippen molar-refractivity contribution in [2.75, 3.05) is 7.11 Å². The van der Waals surface area contributed by atoms with Crippen molar-refractivity contribution in [1.29, 1.82) is 0 Å². The van der Waals surface area contributed by atoms with E-state index < -0.39 is 5.60 Å². The number of methoxy groups -OCH3 is 1. The van der Waals surface area contributed by atoms with Gasteiger partial charge in [0.2, 0.25) is 0 Å². The number of aryl methyl sites for hydroxylation is 1. The van der Waals surface area contributed by atoms with Crippen LogP contribution in [0.25, 0.3) is 0 Å². The monoisotopic (exact) mass is 242 g/mol. The van der Waals surface area contributed by atoms with Gasteiger partial charge in [-0.25, -0.2) is 9.97 Å². The van der Waals surface area contributed by atoms with Gasteiger partial charge >= 0.3 is 0 Å². The first-order chi connectivity index (χ1) is 7.44. The molecule has 0 aromatic carbocycles. The summed E-state index contributed by atoms with van der Waals surface area (Å²) < 4.78 is 5.47. The average Bonchev–Trinajstić information content (AvgIpc) is 2.27. The quantitative estimate of drug-likeness (QED) is 0.760. The van der Waals surface area contributed by atoms with Crippen molar-refractivity contribution in [3.8, 4) is 0 Å². The molecule has 1 aromatic heterocycles. The molecule has 1 aromatic rings. The van der Waals surface area contributed by atoms with E-state index in [4.69, 9.17) is 16.3 Å². The van der Waals surface area contributed by atoms with Crippen LogP contribution in [0, 0.1) is 6.92 Å². The van der Waals surface area contributed by atoms with Crippen LogP contribution in [-0.2, 0) is 10.3 Å². The predicted octanol–water partition coefficient (Wildman–Crippen LogP) is 3.36. The molecule has 0 aliphatic heterocycles. The molecule has 0 fully saturated rings. The van der Waals surface area contributed by atoms with E-state index >= 15 is 0 Å². The Morgan fingerprint density at radius 2 is 2.19 bits per heavy atom. The highest BCUT2D eigenvalue weighted by Gasteiger charge is 2.27. The average molecular weight is 243 g/mol. The van der Waals surface area contributed by atoms with Gasteiger partial charge in [0, 0.05) is 24.6 Å². The number of ether oxygens (including phenoxy) is 1. The highest BCUT2D eigenvalue weighted by molar-refractivity contribution is 6.20. The van der Waals surface area contributed by atoms with E-state index in [1.807, 2.05) is 20.8 Å². The van der Waals surface area contributed by atoms with Gasteiger partial charge < -0.3 is 4.74 Å². The minimum atomic E-state index is -0.418. The van der Waals surface area contributed by atoms with Gasteiger partial charge in [-0.3, -0.25) is 0 Å². The highest BCUT2D eigenvalue weighted by Crippen LogP contribution is 2.27. The van der Waals surface area contributed by atoms with Crippen LogP contribution in [-0.4, -0.2) is 17.1 Å². The van der Waals surface area contributed by atoms with E-state index in [9.17, 15) is 0 Å². The molecule has 0 spiro atoms. The van der Waals surface area contributed by atoms with Gasteiger partial charge in [0.15, 0.2) is 5.82 Å². The van der Waals surface area contributed by atoms with Crippen molar-refractivity contribution in [2.45, 2.75) is 45.1 Å². The van der Waals surface area contributed by atoms with Crippen LogP contribution >= 0.6 is 11.6 Å². The molecule has 0 aliphatic carbocycles. The van der Waals surface area contributed by atoms with E-state index in [2.05, 4.69) is 16.9 Å². The third-order valence-electron chi connectivity index (χ3n) is 3.04. The Morgan fingerprint density at radius 3 is 2.56 bits per heavy atom. The molecule has 16 heavy (non-hydrogen) atoms. The summed E-state index contributed by atoms with van der Waals surface area (Å²) >= 11 is 6.03. The summed E-state index contributed by atoms with van der Waals surface area (Å²) in [6.45, 7) is 7.92. The summed E-state index contributed by atoms with van der Waals surface area (Å²) in [4.78, 5) is 8.84. The summed E-state index contributed by atoms with van der Waals surface area (Å²) in [7, 11) is 1.68. The maximum absolute atomic E-state index is 6.03. The fraction of sp³-hybridized carbons (Fsp3) is 0.667. The molecule has 0 amide bonds. The number of rotatable bonds is 4. The summed E-state index contributed by atoms with van der Waals surface area (Å²) in [5.41, 5.74) is 1.47. The summed E-state index contributed by atoms with van der Waals surface area (Å²) in [6.07, 6.45) is 2.63. The van der Waals surface area contributed by atoms with E-state index in [1.165, 1.54) is 0 Å². The van der Waals surface area contributed by atoms with E-state index in [1.54, 1.807) is 13.3 Å². The van der Waals surface area contributed by atoms with Gasteiger partial charge in [-0.2, -0.15) is 0 Å². The SMILES string of the molecule is CCC(C)(OC)c1ncc(C(C)Cl)c(C)n1. The van der Waals surface area contributed by atoms with Crippen molar-refractivity contribution in [3.63, 3.8) is 0 Å². The molecular formula is C12H19ClN2O. The van der Waals surface area contributed by atoms with Crippen LogP contribution in [0.1, 0.15) is 49.7 Å². The molecule has 1 rings (SSSR count). The van der Waals surface area contributed by atoms with Crippen molar-refractivity contribution in [2.24, 2.45) is 0 Å². The number of nitrogens with zero attached hydrogens (tertiary/aromatic N) is 2. The molecule has 0 N–H and O–H groups in total. The standard InChI is InChI=1S/C12H19ClN2O/c1-6-12(4,16-5)11-14-7-10(8(2)13)9(3)15-11/h7-8H,6H2,1-5H3. The lowest BCUT2D eigenvalue weighted by Gasteiger charge is -2.25. The zero-order valence-electron chi connectivity index (χ0n) is 10.5. The van der Waals surface area contributed by atoms with Crippen LogP contribution in [0.4, 0.5) is 0 Å². The lowest BCUT2D eigenvalue weighted by molar-refractivity contribution is -0.00915. The van der Waals surface area contributed by atoms with Gasteiger partial charge in [-0.1, -0.05) is 6.92 Å². The Morgan fingerprint density at radius 1 is 1.56 bits per heavy atom. The predicted molar refractivity (Wildman–Crippen MR) is 65.7 cm³/mol. The number of hydrogen-bond acceptors (Lipinski definition) is 3. The first kappa shape index (κ1) is 13.4. The Bertz CT molecular complexity index is 362. The highest BCUT2D eigenvalue weighted by atomic mass is 35.5. The summed E-state index contributed by atoms with van der Waals surface area (Å²) in [5, 5.41) is -0.0653. The van der Waals surface area contributed by atoms with Gasteiger partial charge in [0.25, 0.3) is 0 Å². The van der Waals surface area contributed by atoms with Crippen LogP contribution < -0.4 is 0 Å². The minimum absolute atomic E-state index is 0.0653. The second kappa shape index (κ2) is 5.11. The smallest absolute Gasteiger partial charge is 0.160 e. The first-order valence-electron chi connectivity index (χ1n) is 5.47. The van der Waals surface area contributed by atoms with Crippen LogP contribution in [0.2, 0.25) is 0 Å². The Hall–Kier alpha value is -0.670. The van der Waals surface area contributed by atoms with Crippen LogP contribution in [0.5, 0.6) is 0 Å². The number of halogens is 1. The number of hydrogen-bond donors (Lipinski definition) is 0. The lowest BCUT2D eigenvalue weighted by atomic mass is 10.0. The molecule has 0 bridgehead atoms. The van der Waals surface area contributed by atoms with E-state index in [0.717, 1.165) is 23.5 Å². The number of alkyl halides is 1. The molecule has 2 atom stereocenters. The topological polar surface area (TPSA) is 35.0 Å². The zero-order valence-corrected chi connectivity index (χ0v) is 11.3. The molecule has 1 heterocycles. The normalized spacial score (nSPS) is 16.9. The lowest BCUT2D eigenvalue weighted by Crippen LogP contribution is -2.26. The molecule has 3 nitrogen and oxygen atoms in total. The van der Waals surface area contributed by atoms with Crippen molar-refractivity contribution in [3.05, 3.63) is 23.3 Å². The summed E-state index contributed by atoms with van der Waals surface area (Å²) in [6, 6.07) is 0. The first-order valence-corrected chi connectivity index (χ1v) is 5.91. The van der Waals surface area contributed by atoms with E-state index in [0.29, 0.717) is 0 Å². The van der Waals surface area contributed by atoms with Crippen LogP contribution in [0.15, 0.2) is 6.20 Å². The third-order valence-corrected chi connectivity index (χ3v) is 3.28. The summed E-state index contributed by atoms with van der Waals surface area (Å²) in [5.74, 6) is 0.719. The van der Waals surface area contributed by atoms with Gasteiger partial charge in [0.1, 0.15) is 5.60 Å². The fourth-order valence-corrected chi connectivity index (χ4v) is 1.73. The third kappa shape index (κ3) is 2.53. The van der Waals surface area contributed by atoms with E-state index in [-0.39, 0.29) is 5.38 Å². The minimum Gasteiger partial charge on any atom is -0.371 e. The Balaban J connectivity index is 3.15. The van der Waals surface area contributed by atoms with Crippen molar-refractivity contribution in [1.82, 2.24) is 9.97 Å². The largest absolute Gasteiger partial charge is 0.371 e. The molecule has 0 radical (unpaired) electrons. The second-order valence-corrected chi connectivity index (χ2v) is 4.79. The fourth-order valence-electron chi connectivity index (χ4n) is 1.52. The molecular weight excluding hydrogens is 224 g/mol. The van der Waals surface area contributed by atoms with Gasteiger partial charge in [-0.15, -0.1) is 11.6 Å². The molecule has 0 aliphatic rings. The Kier molecular flexibility index (Phi) is 4.28. The number of aromatic nitrogens is 2. The van der Waals surface area contributed by atoms with Crippen molar-refractivity contribution >= 4 is 11.6 Å². The maximum atomic E-state index is 6.03. The van der Waals surface area contributed by atoms with Crippen LogP contribution in [0.3, 0.4) is 0 Å². The molecule has 4 heteroatoms. The van der Waals surface area contributed by atoms with Gasteiger partial charge in [-0.05, 0) is 27.2 Å². The molecule has 2 unspecified atom stereocenters. The molecule has 0 saturated heterocycles. The second-order valence-electron chi connectivity index (χ2n) is 4.14. The molecule has 0 saturated carbocycles. The Labute approximate surface area is 102 Å². The maximum Gasteiger partial charge on any atom is 0.160 e. The van der Waals surface area contributed by atoms with Gasteiger partial charge in [0.05, 0.1) is 5.38 Å². The van der Waals surface area contributed by atoms with Crippen molar-refractivity contribution < 1.29 is 4.74 Å².